The van der Waals surface area contributed by atoms with Crippen LogP contribution >= 0.6 is 22.6 Å². The number of hydrogen-bond donors (Lipinski definition) is 1. The summed E-state index contributed by atoms with van der Waals surface area (Å²) >= 11 is 2.00. The summed E-state index contributed by atoms with van der Waals surface area (Å²) in [6.07, 6.45) is 0.122. The van der Waals surface area contributed by atoms with Crippen molar-refractivity contribution >= 4 is 28.9 Å². The molecule has 1 N–H and O–H groups in total. The molecule has 0 aliphatic carbocycles. The lowest BCUT2D eigenvalue weighted by atomic mass is 10.2. The van der Waals surface area contributed by atoms with Crippen LogP contribution in [0, 0.1) is 4.91 Å². The number of ether oxygens (including phenoxy) is 1. The molecule has 0 radical (unpaired) electrons. The standard InChI is InChI=1S/C6H10INO4/c7-3-6(12-2-1-9)5(4-10)8-11/h1,5-6,10H,2-4H2/t5-,6?/m1/s1. The van der Waals surface area contributed by atoms with E-state index in [1.54, 1.807) is 0 Å². The van der Waals surface area contributed by atoms with Crippen molar-refractivity contribution in [2.75, 3.05) is 17.6 Å². The van der Waals surface area contributed by atoms with Gasteiger partial charge in [0.1, 0.15) is 18.9 Å². The van der Waals surface area contributed by atoms with E-state index in [1.165, 1.54) is 0 Å². The summed E-state index contributed by atoms with van der Waals surface area (Å²) in [4.78, 5) is 20.0. The lowest BCUT2D eigenvalue weighted by Crippen LogP contribution is -2.32. The van der Waals surface area contributed by atoms with Crippen LogP contribution in [0.15, 0.2) is 5.18 Å². The Morgan fingerprint density at radius 2 is 2.33 bits per heavy atom. The first-order chi connectivity index (χ1) is 5.79. The molecule has 70 valence electrons. The highest BCUT2D eigenvalue weighted by Gasteiger charge is 2.20. The Balaban J connectivity index is 3.91. The maximum absolute atomic E-state index is 10.1. The number of nitroso groups, excluding NO2 is 1. The van der Waals surface area contributed by atoms with Crippen LogP contribution in [0.1, 0.15) is 0 Å². The van der Waals surface area contributed by atoms with E-state index in [2.05, 4.69) is 5.18 Å². The molecule has 2 atom stereocenters. The summed E-state index contributed by atoms with van der Waals surface area (Å²) in [5.74, 6) is 0. The maximum Gasteiger partial charge on any atom is 0.145 e. The van der Waals surface area contributed by atoms with Crippen molar-refractivity contribution in [1.29, 1.82) is 0 Å². The third-order valence-electron chi connectivity index (χ3n) is 1.28. The van der Waals surface area contributed by atoms with E-state index >= 15 is 0 Å². The van der Waals surface area contributed by atoms with Crippen LogP contribution < -0.4 is 0 Å². The Hall–Kier alpha value is -0.0800. The largest absolute Gasteiger partial charge is 0.394 e. The molecular weight excluding hydrogens is 277 g/mol. The summed E-state index contributed by atoms with van der Waals surface area (Å²) in [5.41, 5.74) is 0. The van der Waals surface area contributed by atoms with Gasteiger partial charge in [-0.2, -0.15) is 4.91 Å². The SMILES string of the molecule is O=CCOC(CI)[C@@H](CO)N=O. The molecule has 0 saturated heterocycles. The number of rotatable bonds is 7. The molecule has 0 bridgehead atoms. The van der Waals surface area contributed by atoms with E-state index in [9.17, 15) is 9.70 Å². The Morgan fingerprint density at radius 3 is 2.67 bits per heavy atom. The van der Waals surface area contributed by atoms with E-state index in [0.29, 0.717) is 10.7 Å². The molecule has 0 aromatic rings. The van der Waals surface area contributed by atoms with Crippen LogP contribution in [0.4, 0.5) is 0 Å². The molecule has 5 nitrogen and oxygen atoms in total. The predicted octanol–water partition coefficient (Wildman–Crippen LogP) is 0.133. The van der Waals surface area contributed by atoms with E-state index in [0.717, 1.165) is 0 Å². The van der Waals surface area contributed by atoms with Gasteiger partial charge >= 0.3 is 0 Å². The number of alkyl halides is 1. The van der Waals surface area contributed by atoms with Gasteiger partial charge in [0.25, 0.3) is 0 Å². The highest BCUT2D eigenvalue weighted by molar-refractivity contribution is 14.1. The number of carbonyl (C=O) groups excluding carboxylic acids is 1. The fourth-order valence-electron chi connectivity index (χ4n) is 0.640. The van der Waals surface area contributed by atoms with Gasteiger partial charge in [0.15, 0.2) is 0 Å². The zero-order chi connectivity index (χ0) is 9.40. The Labute approximate surface area is 83.6 Å². The summed E-state index contributed by atoms with van der Waals surface area (Å²) in [6.45, 7) is -0.421. The molecule has 0 heterocycles. The van der Waals surface area contributed by atoms with Crippen molar-refractivity contribution in [1.82, 2.24) is 0 Å². The van der Waals surface area contributed by atoms with Gasteiger partial charge in [0.05, 0.1) is 12.7 Å². The Bertz CT molecular complexity index is 144. The van der Waals surface area contributed by atoms with Crippen LogP contribution in [0.2, 0.25) is 0 Å². The van der Waals surface area contributed by atoms with Crippen LogP contribution in [0.3, 0.4) is 0 Å². The molecule has 6 heteroatoms. The van der Waals surface area contributed by atoms with Crippen molar-refractivity contribution in [3.63, 3.8) is 0 Å². The van der Waals surface area contributed by atoms with Crippen molar-refractivity contribution in [2.45, 2.75) is 12.1 Å². The second-order valence-electron chi connectivity index (χ2n) is 2.05. The first kappa shape index (κ1) is 11.9. The highest BCUT2D eigenvalue weighted by Crippen LogP contribution is 2.06. The topological polar surface area (TPSA) is 76.0 Å². The van der Waals surface area contributed by atoms with E-state index < -0.39 is 12.1 Å². The molecule has 0 fully saturated rings. The minimum atomic E-state index is -0.776. The number of halogens is 1. The van der Waals surface area contributed by atoms with Crippen molar-refractivity contribution in [3.8, 4) is 0 Å². The summed E-state index contributed by atoms with van der Waals surface area (Å²) in [7, 11) is 0. The second-order valence-corrected chi connectivity index (χ2v) is 2.93. The zero-order valence-corrected chi connectivity index (χ0v) is 8.51. The smallest absolute Gasteiger partial charge is 0.145 e. The van der Waals surface area contributed by atoms with Crippen LogP contribution in [-0.2, 0) is 9.53 Å². The lowest BCUT2D eigenvalue weighted by molar-refractivity contribution is -0.113. The van der Waals surface area contributed by atoms with Gasteiger partial charge in [0.2, 0.25) is 0 Å². The number of aldehydes is 1. The van der Waals surface area contributed by atoms with Gasteiger partial charge in [0, 0.05) is 4.43 Å². The van der Waals surface area contributed by atoms with Crippen LogP contribution in [0.5, 0.6) is 0 Å². The first-order valence-corrected chi connectivity index (χ1v) is 4.87. The quantitative estimate of drug-likeness (QED) is 0.312. The Kier molecular flexibility index (Phi) is 7.51. The molecule has 0 saturated carbocycles. The van der Waals surface area contributed by atoms with Crippen molar-refractivity contribution in [2.24, 2.45) is 5.18 Å². The summed E-state index contributed by atoms with van der Waals surface area (Å²) in [5, 5.41) is 11.3. The van der Waals surface area contributed by atoms with Crippen molar-refractivity contribution in [3.05, 3.63) is 4.91 Å². The van der Waals surface area contributed by atoms with Gasteiger partial charge in [-0.25, -0.2) is 0 Å². The number of hydrogen-bond acceptors (Lipinski definition) is 5. The summed E-state index contributed by atoms with van der Waals surface area (Å²) < 4.78 is 5.47. The summed E-state index contributed by atoms with van der Waals surface area (Å²) in [6, 6.07) is -0.776. The van der Waals surface area contributed by atoms with E-state index in [4.69, 9.17) is 9.84 Å². The second kappa shape index (κ2) is 7.56. The fraction of sp³-hybridized carbons (Fsp3) is 0.833. The molecule has 0 aliphatic rings. The van der Waals surface area contributed by atoms with E-state index in [1.807, 2.05) is 22.6 Å². The van der Waals surface area contributed by atoms with Gasteiger partial charge in [-0.3, -0.25) is 0 Å². The van der Waals surface area contributed by atoms with Crippen molar-refractivity contribution < 1.29 is 14.6 Å². The fourth-order valence-corrected chi connectivity index (χ4v) is 1.48. The average molecular weight is 287 g/mol. The monoisotopic (exact) mass is 287 g/mol. The molecule has 0 aromatic carbocycles. The van der Waals surface area contributed by atoms with Gasteiger partial charge in [-0.1, -0.05) is 27.8 Å². The molecule has 0 aromatic heterocycles. The first-order valence-electron chi connectivity index (χ1n) is 3.34. The number of aliphatic hydroxyl groups excluding tert-OH is 1. The molecule has 0 aliphatic heterocycles. The highest BCUT2D eigenvalue weighted by atomic mass is 127. The Morgan fingerprint density at radius 1 is 1.67 bits per heavy atom. The predicted molar refractivity (Wildman–Crippen MR) is 51.4 cm³/mol. The zero-order valence-electron chi connectivity index (χ0n) is 6.35. The lowest BCUT2D eigenvalue weighted by Gasteiger charge is -2.16. The normalized spacial score (nSPS) is 15.2. The molecule has 0 rings (SSSR count). The number of nitrogens with zero attached hydrogens (tertiary/aromatic N) is 1. The molecule has 12 heavy (non-hydrogen) atoms. The molecule has 0 spiro atoms. The number of aliphatic hydroxyl groups is 1. The molecular formula is C6H10INO4. The van der Waals surface area contributed by atoms with Gasteiger partial charge in [-0.05, 0) is 0 Å². The van der Waals surface area contributed by atoms with Crippen LogP contribution in [-0.4, -0.2) is 41.2 Å². The minimum Gasteiger partial charge on any atom is -0.394 e. The van der Waals surface area contributed by atoms with Gasteiger partial charge in [-0.15, -0.1) is 0 Å². The van der Waals surface area contributed by atoms with Crippen LogP contribution in [0.25, 0.3) is 0 Å². The maximum atomic E-state index is 10.1. The van der Waals surface area contributed by atoms with E-state index in [-0.39, 0.29) is 13.2 Å². The van der Waals surface area contributed by atoms with Gasteiger partial charge < -0.3 is 14.6 Å². The third-order valence-corrected chi connectivity index (χ3v) is 2.15. The average Bonchev–Trinajstić information content (AvgIpc) is 2.12. The number of carbonyl (C=O) groups is 1. The molecule has 1 unspecified atom stereocenters. The molecule has 0 amide bonds. The third kappa shape index (κ3) is 4.07. The minimum absolute atomic E-state index is 0.0698.